The number of aryl methyl sites for hydroxylation is 1. The van der Waals surface area contributed by atoms with Gasteiger partial charge in [0, 0.05) is 29.1 Å². The van der Waals surface area contributed by atoms with E-state index in [9.17, 15) is 4.79 Å². The molecule has 1 aromatic heterocycles. The van der Waals surface area contributed by atoms with Crippen molar-refractivity contribution in [1.82, 2.24) is 9.55 Å². The van der Waals surface area contributed by atoms with E-state index < -0.39 is 5.97 Å². The van der Waals surface area contributed by atoms with Gasteiger partial charge in [0.05, 0.1) is 5.56 Å². The first kappa shape index (κ1) is 12.6. The molecule has 2 rings (SSSR count). The molecule has 94 valence electrons. The SMILES string of the molecule is CCn1ccnc1Nc1ccc(Br)c(C(=O)O)c1. The summed E-state index contributed by atoms with van der Waals surface area (Å²) < 4.78 is 2.49. The van der Waals surface area contributed by atoms with Crippen LogP contribution in [0.15, 0.2) is 35.1 Å². The summed E-state index contributed by atoms with van der Waals surface area (Å²) in [6.07, 6.45) is 3.56. The van der Waals surface area contributed by atoms with E-state index in [1.54, 1.807) is 24.4 Å². The Balaban J connectivity index is 2.30. The zero-order chi connectivity index (χ0) is 13.1. The minimum atomic E-state index is -0.968. The third-order valence-electron chi connectivity index (χ3n) is 2.51. The maximum Gasteiger partial charge on any atom is 0.336 e. The Morgan fingerprint density at radius 2 is 2.33 bits per heavy atom. The molecule has 2 N–H and O–H groups in total. The van der Waals surface area contributed by atoms with Crippen LogP contribution in [0.2, 0.25) is 0 Å². The molecule has 0 amide bonds. The summed E-state index contributed by atoms with van der Waals surface area (Å²) in [5, 5.41) is 12.1. The number of nitrogens with one attached hydrogen (secondary N) is 1. The lowest BCUT2D eigenvalue weighted by Gasteiger charge is -2.09. The number of carboxylic acid groups (broad SMARTS) is 1. The van der Waals surface area contributed by atoms with Gasteiger partial charge in [0.25, 0.3) is 0 Å². The van der Waals surface area contributed by atoms with Gasteiger partial charge in [-0.05, 0) is 41.1 Å². The molecule has 0 spiro atoms. The monoisotopic (exact) mass is 309 g/mol. The molecule has 0 fully saturated rings. The number of rotatable bonds is 4. The molecular weight excluding hydrogens is 298 g/mol. The van der Waals surface area contributed by atoms with Crippen molar-refractivity contribution in [1.29, 1.82) is 0 Å². The molecule has 0 radical (unpaired) electrons. The number of imidazole rings is 1. The van der Waals surface area contributed by atoms with Crippen molar-refractivity contribution in [2.75, 3.05) is 5.32 Å². The van der Waals surface area contributed by atoms with Gasteiger partial charge >= 0.3 is 5.97 Å². The Labute approximate surface area is 113 Å². The molecule has 0 unspecified atom stereocenters. The van der Waals surface area contributed by atoms with Crippen molar-refractivity contribution >= 4 is 33.5 Å². The molecule has 1 heterocycles. The number of carboxylic acids is 1. The summed E-state index contributed by atoms with van der Waals surface area (Å²) in [5.41, 5.74) is 0.908. The third-order valence-corrected chi connectivity index (χ3v) is 3.20. The second kappa shape index (κ2) is 5.22. The molecule has 0 bridgehead atoms. The molecule has 2 aromatic rings. The minimum absolute atomic E-state index is 0.217. The Bertz CT molecular complexity index is 580. The fourth-order valence-electron chi connectivity index (χ4n) is 1.58. The molecule has 0 saturated carbocycles. The predicted octanol–water partition coefficient (Wildman–Crippen LogP) is 3.11. The third kappa shape index (κ3) is 2.53. The summed E-state index contributed by atoms with van der Waals surface area (Å²) in [7, 11) is 0. The van der Waals surface area contributed by atoms with Crippen LogP contribution in [0.3, 0.4) is 0 Å². The summed E-state index contributed by atoms with van der Waals surface area (Å²) in [6.45, 7) is 2.81. The summed E-state index contributed by atoms with van der Waals surface area (Å²) >= 11 is 3.21. The van der Waals surface area contributed by atoms with Crippen LogP contribution in [0.25, 0.3) is 0 Å². The summed E-state index contributed by atoms with van der Waals surface area (Å²) in [5.74, 6) is -0.277. The van der Waals surface area contributed by atoms with Gasteiger partial charge in [-0.2, -0.15) is 0 Å². The van der Waals surface area contributed by atoms with Crippen LogP contribution in [0.4, 0.5) is 11.6 Å². The van der Waals surface area contributed by atoms with Crippen LogP contribution >= 0.6 is 15.9 Å². The van der Waals surface area contributed by atoms with E-state index in [1.165, 1.54) is 0 Å². The fourth-order valence-corrected chi connectivity index (χ4v) is 2.00. The molecule has 0 aliphatic rings. The van der Waals surface area contributed by atoms with Gasteiger partial charge in [0.15, 0.2) is 0 Å². The first-order valence-electron chi connectivity index (χ1n) is 5.43. The highest BCUT2D eigenvalue weighted by molar-refractivity contribution is 9.10. The topological polar surface area (TPSA) is 67.2 Å². The van der Waals surface area contributed by atoms with Crippen LogP contribution in [-0.2, 0) is 6.54 Å². The largest absolute Gasteiger partial charge is 0.478 e. The van der Waals surface area contributed by atoms with Crippen LogP contribution in [0, 0.1) is 0 Å². The molecule has 0 aliphatic heterocycles. The van der Waals surface area contributed by atoms with E-state index in [2.05, 4.69) is 26.2 Å². The standard InChI is InChI=1S/C12H12BrN3O2/c1-2-16-6-5-14-12(16)15-8-3-4-10(13)9(7-8)11(17)18/h3-7H,2H2,1H3,(H,14,15)(H,17,18). The molecule has 6 heteroatoms. The lowest BCUT2D eigenvalue weighted by atomic mass is 10.2. The number of aromatic carboxylic acids is 1. The Kier molecular flexibility index (Phi) is 3.66. The van der Waals surface area contributed by atoms with E-state index in [0.29, 0.717) is 16.1 Å². The Morgan fingerprint density at radius 1 is 1.56 bits per heavy atom. The predicted molar refractivity (Wildman–Crippen MR) is 72.3 cm³/mol. The number of halogens is 1. The van der Waals surface area contributed by atoms with E-state index >= 15 is 0 Å². The smallest absolute Gasteiger partial charge is 0.336 e. The van der Waals surface area contributed by atoms with Gasteiger partial charge in [0.2, 0.25) is 5.95 Å². The second-order valence-corrected chi connectivity index (χ2v) is 4.52. The van der Waals surface area contributed by atoms with Crippen LogP contribution in [0.5, 0.6) is 0 Å². The maximum absolute atomic E-state index is 11.0. The summed E-state index contributed by atoms with van der Waals surface area (Å²) in [6, 6.07) is 5.07. The minimum Gasteiger partial charge on any atom is -0.478 e. The fraction of sp³-hybridized carbons (Fsp3) is 0.167. The average molecular weight is 310 g/mol. The first-order chi connectivity index (χ1) is 8.61. The number of hydrogen-bond donors (Lipinski definition) is 2. The quantitative estimate of drug-likeness (QED) is 0.910. The average Bonchev–Trinajstić information content (AvgIpc) is 2.78. The maximum atomic E-state index is 11.0. The number of carbonyl (C=O) groups is 1. The molecule has 5 nitrogen and oxygen atoms in total. The normalized spacial score (nSPS) is 10.3. The highest BCUT2D eigenvalue weighted by atomic mass is 79.9. The van der Waals surface area contributed by atoms with Crippen molar-refractivity contribution in [2.24, 2.45) is 0 Å². The van der Waals surface area contributed by atoms with E-state index in [1.807, 2.05) is 17.7 Å². The van der Waals surface area contributed by atoms with Gasteiger partial charge in [-0.15, -0.1) is 0 Å². The molecule has 0 atom stereocenters. The lowest BCUT2D eigenvalue weighted by Crippen LogP contribution is -2.03. The summed E-state index contributed by atoms with van der Waals surface area (Å²) in [4.78, 5) is 15.2. The van der Waals surface area contributed by atoms with Gasteiger partial charge in [-0.3, -0.25) is 0 Å². The van der Waals surface area contributed by atoms with Crippen molar-refractivity contribution < 1.29 is 9.90 Å². The van der Waals surface area contributed by atoms with Crippen LogP contribution < -0.4 is 5.32 Å². The van der Waals surface area contributed by atoms with Gasteiger partial charge in [0.1, 0.15) is 0 Å². The van der Waals surface area contributed by atoms with E-state index in [4.69, 9.17) is 5.11 Å². The number of anilines is 2. The zero-order valence-corrected chi connectivity index (χ0v) is 11.3. The van der Waals surface area contributed by atoms with Crippen molar-refractivity contribution in [2.45, 2.75) is 13.5 Å². The van der Waals surface area contributed by atoms with Gasteiger partial charge in [-0.1, -0.05) is 0 Å². The number of nitrogens with zero attached hydrogens (tertiary/aromatic N) is 2. The number of aromatic nitrogens is 2. The van der Waals surface area contributed by atoms with Crippen LogP contribution in [0.1, 0.15) is 17.3 Å². The first-order valence-corrected chi connectivity index (χ1v) is 6.22. The Morgan fingerprint density at radius 3 is 3.00 bits per heavy atom. The lowest BCUT2D eigenvalue weighted by molar-refractivity contribution is 0.0696. The Hall–Kier alpha value is -1.82. The van der Waals surface area contributed by atoms with Crippen molar-refractivity contribution in [3.63, 3.8) is 0 Å². The van der Waals surface area contributed by atoms with Gasteiger partial charge < -0.3 is 15.0 Å². The molecule has 1 aromatic carbocycles. The molecular formula is C12H12BrN3O2. The highest BCUT2D eigenvalue weighted by Gasteiger charge is 2.10. The van der Waals surface area contributed by atoms with Crippen molar-refractivity contribution in [3.8, 4) is 0 Å². The molecule has 18 heavy (non-hydrogen) atoms. The van der Waals surface area contributed by atoms with E-state index in [0.717, 1.165) is 6.54 Å². The zero-order valence-electron chi connectivity index (χ0n) is 9.72. The van der Waals surface area contributed by atoms with Gasteiger partial charge in [-0.25, -0.2) is 9.78 Å². The van der Waals surface area contributed by atoms with E-state index in [-0.39, 0.29) is 5.56 Å². The molecule has 0 saturated heterocycles. The van der Waals surface area contributed by atoms with Crippen molar-refractivity contribution in [3.05, 3.63) is 40.6 Å². The highest BCUT2D eigenvalue weighted by Crippen LogP contribution is 2.23. The second-order valence-electron chi connectivity index (χ2n) is 3.66. The molecule has 0 aliphatic carbocycles. The van der Waals surface area contributed by atoms with Crippen LogP contribution in [-0.4, -0.2) is 20.6 Å². The number of benzene rings is 1. The number of hydrogen-bond acceptors (Lipinski definition) is 3.